The SMILES string of the molecule is COc1ccc(NC(=O)NC(C)c2ccncc2)cc1C. The number of urea groups is 1. The Bertz CT molecular complexity index is 614. The highest BCUT2D eigenvalue weighted by molar-refractivity contribution is 5.89. The third-order valence-corrected chi connectivity index (χ3v) is 3.21. The summed E-state index contributed by atoms with van der Waals surface area (Å²) < 4.78 is 5.19. The van der Waals surface area contributed by atoms with Crippen molar-refractivity contribution in [3.63, 3.8) is 0 Å². The highest BCUT2D eigenvalue weighted by Crippen LogP contribution is 2.21. The van der Waals surface area contributed by atoms with E-state index in [1.165, 1.54) is 0 Å². The van der Waals surface area contributed by atoms with Crippen molar-refractivity contribution in [3.8, 4) is 5.75 Å². The molecule has 2 N–H and O–H groups in total. The Morgan fingerprint density at radius 3 is 2.57 bits per heavy atom. The highest BCUT2D eigenvalue weighted by Gasteiger charge is 2.09. The third-order valence-electron chi connectivity index (χ3n) is 3.21. The van der Waals surface area contributed by atoms with Crippen LogP contribution >= 0.6 is 0 Å². The molecule has 0 aliphatic rings. The van der Waals surface area contributed by atoms with Gasteiger partial charge in [-0.3, -0.25) is 4.98 Å². The van der Waals surface area contributed by atoms with Crippen molar-refractivity contribution in [2.24, 2.45) is 0 Å². The van der Waals surface area contributed by atoms with Gasteiger partial charge in [0.2, 0.25) is 0 Å². The van der Waals surface area contributed by atoms with Crippen molar-refractivity contribution < 1.29 is 9.53 Å². The Kier molecular flexibility index (Phi) is 4.77. The summed E-state index contributed by atoms with van der Waals surface area (Å²) in [5, 5.41) is 5.70. The van der Waals surface area contributed by atoms with Gasteiger partial charge >= 0.3 is 6.03 Å². The Morgan fingerprint density at radius 1 is 1.24 bits per heavy atom. The van der Waals surface area contributed by atoms with Crippen LogP contribution in [0.25, 0.3) is 0 Å². The molecule has 0 bridgehead atoms. The predicted octanol–water partition coefficient (Wildman–Crippen LogP) is 3.28. The lowest BCUT2D eigenvalue weighted by molar-refractivity contribution is 0.249. The van der Waals surface area contributed by atoms with Gasteiger partial charge in [0.25, 0.3) is 0 Å². The molecule has 1 aromatic heterocycles. The number of methoxy groups -OCH3 is 1. The fraction of sp³-hybridized carbons (Fsp3) is 0.250. The van der Waals surface area contributed by atoms with Gasteiger partial charge in [0.05, 0.1) is 13.2 Å². The zero-order chi connectivity index (χ0) is 15.2. The van der Waals surface area contributed by atoms with E-state index in [4.69, 9.17) is 4.74 Å². The first-order valence-electron chi connectivity index (χ1n) is 6.72. The first kappa shape index (κ1) is 14.8. The number of anilines is 1. The fourth-order valence-corrected chi connectivity index (χ4v) is 2.06. The second-order valence-electron chi connectivity index (χ2n) is 4.79. The largest absolute Gasteiger partial charge is 0.496 e. The number of benzene rings is 1. The average Bonchev–Trinajstić information content (AvgIpc) is 2.48. The Labute approximate surface area is 124 Å². The van der Waals surface area contributed by atoms with Crippen molar-refractivity contribution in [2.75, 3.05) is 12.4 Å². The number of ether oxygens (including phenoxy) is 1. The summed E-state index contributed by atoms with van der Waals surface area (Å²) >= 11 is 0. The Hall–Kier alpha value is -2.56. The molecule has 0 radical (unpaired) electrons. The van der Waals surface area contributed by atoms with Crippen LogP contribution in [0.4, 0.5) is 10.5 Å². The molecule has 0 aliphatic carbocycles. The van der Waals surface area contributed by atoms with Crippen LogP contribution < -0.4 is 15.4 Å². The topological polar surface area (TPSA) is 63.2 Å². The summed E-state index contributed by atoms with van der Waals surface area (Å²) in [5.74, 6) is 0.797. The van der Waals surface area contributed by atoms with Crippen LogP contribution in [0, 0.1) is 6.92 Å². The molecule has 1 unspecified atom stereocenters. The molecule has 0 saturated heterocycles. The molecule has 1 aromatic carbocycles. The normalized spacial score (nSPS) is 11.6. The van der Waals surface area contributed by atoms with Gasteiger partial charge in [0.15, 0.2) is 0 Å². The van der Waals surface area contributed by atoms with Crippen molar-refractivity contribution in [1.29, 1.82) is 0 Å². The Morgan fingerprint density at radius 2 is 1.95 bits per heavy atom. The summed E-state index contributed by atoms with van der Waals surface area (Å²) in [7, 11) is 1.62. The molecule has 2 amide bonds. The molecule has 1 heterocycles. The minimum atomic E-state index is -0.246. The van der Waals surface area contributed by atoms with E-state index in [2.05, 4.69) is 15.6 Å². The number of aryl methyl sites for hydroxylation is 1. The van der Waals surface area contributed by atoms with E-state index >= 15 is 0 Å². The van der Waals surface area contributed by atoms with Gasteiger partial charge in [0.1, 0.15) is 5.75 Å². The van der Waals surface area contributed by atoms with Crippen LogP contribution in [-0.2, 0) is 0 Å². The maximum Gasteiger partial charge on any atom is 0.319 e. The van der Waals surface area contributed by atoms with Crippen LogP contribution in [0.3, 0.4) is 0 Å². The van der Waals surface area contributed by atoms with E-state index in [9.17, 15) is 4.79 Å². The van der Waals surface area contributed by atoms with E-state index in [1.807, 2.05) is 44.2 Å². The van der Waals surface area contributed by atoms with Crippen molar-refractivity contribution >= 4 is 11.7 Å². The molecule has 0 spiro atoms. The molecule has 5 heteroatoms. The molecule has 0 aliphatic heterocycles. The van der Waals surface area contributed by atoms with Gasteiger partial charge in [-0.2, -0.15) is 0 Å². The fourth-order valence-electron chi connectivity index (χ4n) is 2.06. The molecule has 1 atom stereocenters. The van der Waals surface area contributed by atoms with Crippen molar-refractivity contribution in [1.82, 2.24) is 10.3 Å². The molecular weight excluding hydrogens is 266 g/mol. The predicted molar refractivity (Wildman–Crippen MR) is 82.5 cm³/mol. The number of nitrogens with zero attached hydrogens (tertiary/aromatic N) is 1. The minimum absolute atomic E-state index is 0.0904. The Balaban J connectivity index is 1.97. The smallest absolute Gasteiger partial charge is 0.319 e. The number of hydrogen-bond donors (Lipinski definition) is 2. The summed E-state index contributed by atoms with van der Waals surface area (Å²) in [5.41, 5.74) is 2.70. The van der Waals surface area contributed by atoms with Crippen LogP contribution in [0.1, 0.15) is 24.1 Å². The number of carbonyl (C=O) groups is 1. The third kappa shape index (κ3) is 3.95. The van der Waals surface area contributed by atoms with Crippen molar-refractivity contribution in [3.05, 3.63) is 53.9 Å². The molecule has 110 valence electrons. The van der Waals surface area contributed by atoms with Crippen LogP contribution in [-0.4, -0.2) is 18.1 Å². The van der Waals surface area contributed by atoms with Gasteiger partial charge in [0, 0.05) is 18.1 Å². The number of aromatic nitrogens is 1. The van der Waals surface area contributed by atoms with E-state index in [0.29, 0.717) is 0 Å². The van der Waals surface area contributed by atoms with Crippen molar-refractivity contribution in [2.45, 2.75) is 19.9 Å². The number of nitrogens with one attached hydrogen (secondary N) is 2. The van der Waals surface area contributed by atoms with Gasteiger partial charge in [-0.15, -0.1) is 0 Å². The number of rotatable bonds is 4. The first-order valence-corrected chi connectivity index (χ1v) is 6.72. The summed E-state index contributed by atoms with van der Waals surface area (Å²) in [6.07, 6.45) is 3.41. The van der Waals surface area contributed by atoms with E-state index in [0.717, 1.165) is 22.6 Å². The summed E-state index contributed by atoms with van der Waals surface area (Å²) in [4.78, 5) is 16.0. The van der Waals surface area contributed by atoms with E-state index < -0.39 is 0 Å². The first-order chi connectivity index (χ1) is 10.1. The lowest BCUT2D eigenvalue weighted by atomic mass is 10.1. The highest BCUT2D eigenvalue weighted by atomic mass is 16.5. The number of hydrogen-bond acceptors (Lipinski definition) is 3. The van der Waals surface area contributed by atoms with Gasteiger partial charge in [-0.1, -0.05) is 0 Å². The van der Waals surface area contributed by atoms with Crippen LogP contribution in [0.2, 0.25) is 0 Å². The van der Waals surface area contributed by atoms with E-state index in [-0.39, 0.29) is 12.1 Å². The van der Waals surface area contributed by atoms with Crippen LogP contribution in [0.5, 0.6) is 5.75 Å². The van der Waals surface area contributed by atoms with Gasteiger partial charge in [-0.05, 0) is 55.3 Å². The number of pyridine rings is 1. The lowest BCUT2D eigenvalue weighted by Crippen LogP contribution is -2.31. The molecule has 2 aromatic rings. The number of amides is 2. The molecule has 21 heavy (non-hydrogen) atoms. The molecular formula is C16H19N3O2. The maximum atomic E-state index is 12.0. The van der Waals surface area contributed by atoms with E-state index in [1.54, 1.807) is 19.5 Å². The lowest BCUT2D eigenvalue weighted by Gasteiger charge is -2.15. The maximum absolute atomic E-state index is 12.0. The van der Waals surface area contributed by atoms with Gasteiger partial charge < -0.3 is 15.4 Å². The molecule has 5 nitrogen and oxygen atoms in total. The molecule has 0 saturated carbocycles. The number of carbonyl (C=O) groups excluding carboxylic acids is 1. The zero-order valence-electron chi connectivity index (χ0n) is 12.4. The van der Waals surface area contributed by atoms with Crippen LogP contribution in [0.15, 0.2) is 42.7 Å². The average molecular weight is 285 g/mol. The van der Waals surface area contributed by atoms with Gasteiger partial charge in [-0.25, -0.2) is 4.79 Å². The monoisotopic (exact) mass is 285 g/mol. The summed E-state index contributed by atoms with van der Waals surface area (Å²) in [6.45, 7) is 3.86. The summed E-state index contributed by atoms with van der Waals surface area (Å²) in [6, 6.07) is 8.93. The minimum Gasteiger partial charge on any atom is -0.496 e. The second kappa shape index (κ2) is 6.74. The quantitative estimate of drug-likeness (QED) is 0.906. The second-order valence-corrected chi connectivity index (χ2v) is 4.79. The molecule has 0 fully saturated rings. The zero-order valence-corrected chi connectivity index (χ0v) is 12.4. The standard InChI is InChI=1S/C16H19N3O2/c1-11-10-14(4-5-15(11)21-3)19-16(20)18-12(2)13-6-8-17-9-7-13/h4-10,12H,1-3H3,(H2,18,19,20). The molecule has 2 rings (SSSR count).